The van der Waals surface area contributed by atoms with E-state index in [0.29, 0.717) is 24.3 Å². The number of hydrogen-bond donors (Lipinski definition) is 2. The van der Waals surface area contributed by atoms with Crippen molar-refractivity contribution in [3.8, 4) is 11.5 Å². The van der Waals surface area contributed by atoms with Gasteiger partial charge in [0, 0.05) is 30.6 Å². The molecule has 0 aromatic heterocycles. The molecule has 1 atom stereocenters. The van der Waals surface area contributed by atoms with Crippen LogP contribution in [-0.2, 0) is 0 Å². The average Bonchev–Trinajstić information content (AvgIpc) is 3.16. The number of allylic oxidation sites excluding steroid dienone is 2. The van der Waals surface area contributed by atoms with Gasteiger partial charge in [-0.15, -0.1) is 5.76 Å². The number of nitrogens with one attached hydrogen (secondary N) is 1. The van der Waals surface area contributed by atoms with Crippen LogP contribution in [0.4, 0.5) is 0 Å². The fourth-order valence-corrected chi connectivity index (χ4v) is 5.89. The number of aliphatic imine (C=N–C) groups is 1. The van der Waals surface area contributed by atoms with Crippen LogP contribution in [0.25, 0.3) is 5.76 Å². The van der Waals surface area contributed by atoms with E-state index < -0.39 is 6.10 Å². The van der Waals surface area contributed by atoms with Gasteiger partial charge in [0.25, 0.3) is 0 Å². The van der Waals surface area contributed by atoms with E-state index >= 15 is 0 Å². The monoisotopic (exact) mass is 718 g/mol. The number of ether oxygens (including phenoxy) is 2. The van der Waals surface area contributed by atoms with E-state index in [1.54, 1.807) is 24.3 Å². The lowest BCUT2D eigenvalue weighted by Crippen LogP contribution is -2.25. The van der Waals surface area contributed by atoms with Gasteiger partial charge in [0.05, 0.1) is 25.9 Å². The van der Waals surface area contributed by atoms with Crippen LogP contribution in [0, 0.1) is 0 Å². The minimum atomic E-state index is -0.765. The van der Waals surface area contributed by atoms with E-state index in [-0.39, 0.29) is 24.6 Å². The Bertz CT molecular complexity index is 1240. The molecule has 290 valence electrons. The van der Waals surface area contributed by atoms with Crippen LogP contribution in [0.15, 0.2) is 71.9 Å². The summed E-state index contributed by atoms with van der Waals surface area (Å²) in [6.07, 6.45) is 30.9. The largest absolute Gasteiger partial charge is 0.872 e. The highest BCUT2D eigenvalue weighted by atomic mass is 16.5. The molecule has 0 bridgehead atoms. The van der Waals surface area contributed by atoms with Crippen molar-refractivity contribution in [1.29, 1.82) is 0 Å². The van der Waals surface area contributed by atoms with Crippen molar-refractivity contribution < 1.29 is 24.5 Å². The van der Waals surface area contributed by atoms with Crippen LogP contribution in [0.1, 0.15) is 158 Å². The molecule has 0 saturated carbocycles. The van der Waals surface area contributed by atoms with Crippen molar-refractivity contribution in [2.45, 2.75) is 148 Å². The standard InChI is InChI=1S/C45H70N2O5/c1-3-5-7-9-11-13-15-17-19-21-35-51-42-27-23-39(24-28-42)44(49)31-33-46-37-41(48)38-47-34-32-45(50)40-25-29-43(30-26-40)52-36-22-20-18-16-14-12-10-8-6-4-2/h23-34,41,46,48,50H,3-22,35-38H2,1-2H3/p-1. The number of benzene rings is 2. The summed E-state index contributed by atoms with van der Waals surface area (Å²) in [4.78, 5) is 16.7. The molecule has 2 rings (SSSR count). The van der Waals surface area contributed by atoms with Crippen molar-refractivity contribution in [2.75, 3.05) is 26.3 Å². The summed E-state index contributed by atoms with van der Waals surface area (Å²) >= 11 is 0. The lowest BCUT2D eigenvalue weighted by atomic mass is 10.1. The van der Waals surface area contributed by atoms with Crippen LogP contribution >= 0.6 is 0 Å². The fourth-order valence-electron chi connectivity index (χ4n) is 5.89. The van der Waals surface area contributed by atoms with Gasteiger partial charge in [-0.1, -0.05) is 148 Å². The maximum atomic E-state index is 12.5. The van der Waals surface area contributed by atoms with E-state index in [2.05, 4.69) is 24.2 Å². The van der Waals surface area contributed by atoms with Crippen molar-refractivity contribution in [3.05, 3.63) is 78.0 Å². The Morgan fingerprint density at radius 2 is 1.10 bits per heavy atom. The van der Waals surface area contributed by atoms with E-state index in [1.165, 1.54) is 140 Å². The summed E-state index contributed by atoms with van der Waals surface area (Å²) in [5.41, 5.74) is 1.13. The number of carbonyl (C=O) groups is 1. The minimum Gasteiger partial charge on any atom is -0.872 e. The quantitative estimate of drug-likeness (QED) is 0.0250. The van der Waals surface area contributed by atoms with Gasteiger partial charge in [-0.3, -0.25) is 9.79 Å². The lowest BCUT2D eigenvalue weighted by molar-refractivity contribution is -0.243. The molecule has 2 aromatic carbocycles. The molecule has 0 heterocycles. The zero-order chi connectivity index (χ0) is 37.3. The number of unbranched alkanes of at least 4 members (excludes halogenated alkanes) is 18. The van der Waals surface area contributed by atoms with Gasteiger partial charge in [0.1, 0.15) is 11.5 Å². The normalized spacial score (nSPS) is 12.5. The van der Waals surface area contributed by atoms with Crippen molar-refractivity contribution >= 4 is 17.8 Å². The Morgan fingerprint density at radius 3 is 1.56 bits per heavy atom. The van der Waals surface area contributed by atoms with Crippen LogP contribution in [-0.4, -0.2) is 49.5 Å². The molecule has 0 amide bonds. The Labute approximate surface area is 316 Å². The van der Waals surface area contributed by atoms with E-state index in [0.717, 1.165) is 24.3 Å². The first-order valence-corrected chi connectivity index (χ1v) is 20.5. The number of hydrogen-bond acceptors (Lipinski definition) is 7. The van der Waals surface area contributed by atoms with Crippen molar-refractivity contribution in [2.24, 2.45) is 4.99 Å². The van der Waals surface area contributed by atoms with Gasteiger partial charge in [0.15, 0.2) is 5.78 Å². The molecule has 2 aromatic rings. The summed E-state index contributed by atoms with van der Waals surface area (Å²) in [6, 6.07) is 14.4. The molecule has 7 nitrogen and oxygen atoms in total. The molecule has 0 saturated heterocycles. The van der Waals surface area contributed by atoms with E-state index in [4.69, 9.17) is 9.47 Å². The second kappa shape index (κ2) is 31.0. The molecule has 0 radical (unpaired) electrons. The molecule has 2 N–H and O–H groups in total. The summed E-state index contributed by atoms with van der Waals surface area (Å²) in [6.45, 7) is 6.24. The number of aliphatic hydroxyl groups is 1. The molecule has 52 heavy (non-hydrogen) atoms. The van der Waals surface area contributed by atoms with Crippen molar-refractivity contribution in [3.63, 3.8) is 0 Å². The SMILES string of the molecule is CCCCCCCCCCCCOc1ccc(C(=O)C=CNCC(O)CN=CC=C([O-])c2ccc(OCCCCCCCCCCCC)cc2)cc1. The molecule has 0 fully saturated rings. The first-order chi connectivity index (χ1) is 25.5. The first-order valence-electron chi connectivity index (χ1n) is 20.5. The topological polar surface area (TPSA) is 103 Å². The molecule has 0 aliphatic rings. The minimum absolute atomic E-state index is 0.130. The zero-order valence-corrected chi connectivity index (χ0v) is 32.5. The maximum Gasteiger partial charge on any atom is 0.187 e. The van der Waals surface area contributed by atoms with Crippen LogP contribution in [0.3, 0.4) is 0 Å². The van der Waals surface area contributed by atoms with Gasteiger partial charge < -0.3 is 25.0 Å². The van der Waals surface area contributed by atoms with Crippen LogP contribution in [0.5, 0.6) is 11.5 Å². The predicted molar refractivity (Wildman–Crippen MR) is 216 cm³/mol. The summed E-state index contributed by atoms with van der Waals surface area (Å²) in [5.74, 6) is 1.25. The zero-order valence-electron chi connectivity index (χ0n) is 32.5. The Balaban J connectivity index is 1.53. The van der Waals surface area contributed by atoms with Crippen LogP contribution in [0.2, 0.25) is 0 Å². The van der Waals surface area contributed by atoms with E-state index in [1.807, 2.05) is 24.3 Å². The number of carbonyl (C=O) groups excluding carboxylic acids is 1. The third kappa shape index (κ3) is 23.1. The molecule has 1 unspecified atom stereocenters. The van der Waals surface area contributed by atoms with Gasteiger partial charge in [-0.2, -0.15) is 0 Å². The highest BCUT2D eigenvalue weighted by Crippen LogP contribution is 2.17. The van der Waals surface area contributed by atoms with Crippen molar-refractivity contribution in [1.82, 2.24) is 5.32 Å². The summed E-state index contributed by atoms with van der Waals surface area (Å²) in [5, 5.41) is 25.6. The predicted octanol–water partition coefficient (Wildman–Crippen LogP) is 10.4. The Hall–Kier alpha value is -3.58. The smallest absolute Gasteiger partial charge is 0.187 e. The fraction of sp³-hybridized carbons (Fsp3) is 0.600. The first kappa shape index (κ1) is 44.6. The summed E-state index contributed by atoms with van der Waals surface area (Å²) in [7, 11) is 0. The second-order valence-electron chi connectivity index (χ2n) is 13.9. The Kier molecular flexibility index (Phi) is 26.6. The number of aliphatic hydroxyl groups excluding tert-OH is 1. The molecule has 0 aliphatic carbocycles. The van der Waals surface area contributed by atoms with Gasteiger partial charge in [0.2, 0.25) is 0 Å². The number of ketones is 1. The van der Waals surface area contributed by atoms with Gasteiger partial charge >= 0.3 is 0 Å². The molecular weight excluding hydrogens is 649 g/mol. The summed E-state index contributed by atoms with van der Waals surface area (Å²) < 4.78 is 11.7. The highest BCUT2D eigenvalue weighted by Gasteiger charge is 2.04. The molecule has 0 spiro atoms. The van der Waals surface area contributed by atoms with Gasteiger partial charge in [-0.05, 0) is 54.8 Å². The highest BCUT2D eigenvalue weighted by molar-refractivity contribution is 6.04. The number of nitrogens with zero attached hydrogens (tertiary/aromatic N) is 1. The average molecular weight is 718 g/mol. The van der Waals surface area contributed by atoms with Gasteiger partial charge in [-0.25, -0.2) is 0 Å². The third-order valence-corrected chi connectivity index (χ3v) is 9.16. The maximum absolute atomic E-state index is 12.5. The molecular formula is C45H69N2O5-. The third-order valence-electron chi connectivity index (χ3n) is 9.16. The Morgan fingerprint density at radius 1 is 0.673 bits per heavy atom. The second-order valence-corrected chi connectivity index (χ2v) is 13.9. The molecule has 0 aliphatic heterocycles. The van der Waals surface area contributed by atoms with E-state index in [9.17, 15) is 15.0 Å². The lowest BCUT2D eigenvalue weighted by Gasteiger charge is -2.12. The molecule has 7 heteroatoms. The van der Waals surface area contributed by atoms with Crippen LogP contribution < -0.4 is 19.9 Å². The number of rotatable bonds is 33.